The first-order valence-electron chi connectivity index (χ1n) is 13.6. The Balaban J connectivity index is 1.57. The minimum atomic E-state index is -0.590. The van der Waals surface area contributed by atoms with Gasteiger partial charge in [-0.05, 0) is 63.8 Å². The molecule has 0 unspecified atom stereocenters. The molecule has 216 valence electrons. The van der Waals surface area contributed by atoms with E-state index in [0.29, 0.717) is 48.8 Å². The van der Waals surface area contributed by atoms with Gasteiger partial charge in [0.15, 0.2) is 5.82 Å². The van der Waals surface area contributed by atoms with Crippen LogP contribution in [0.1, 0.15) is 30.9 Å². The number of para-hydroxylation sites is 1. The molecule has 2 aromatic carbocycles. The van der Waals surface area contributed by atoms with Crippen LogP contribution >= 0.6 is 0 Å². The minimum Gasteiger partial charge on any atom is -0.354 e. The molecule has 3 rings (SSSR count). The molecule has 1 atom stereocenters. The number of nitrogens with zero attached hydrogens (tertiary/aromatic N) is 5. The molecule has 0 saturated carbocycles. The van der Waals surface area contributed by atoms with Gasteiger partial charge in [-0.3, -0.25) is 9.59 Å². The Morgan fingerprint density at radius 2 is 1.74 bits per heavy atom. The Morgan fingerprint density at radius 1 is 1.02 bits per heavy atom. The van der Waals surface area contributed by atoms with Gasteiger partial charge in [0, 0.05) is 44.0 Å². The lowest BCUT2D eigenvalue weighted by atomic mass is 10.2. The van der Waals surface area contributed by atoms with Crippen LogP contribution in [0, 0.1) is 23.2 Å². The molecule has 0 bridgehead atoms. The zero-order valence-electron chi connectivity index (χ0n) is 24.4. The SMILES string of the molecule is C[C@@H](C(=O)NCCCC#Cc1cnc(Nc2ccc(C#N)cc2)nc1Nc1ccccc1)N(C)C(=O)/C=C/CN(C)C. The molecule has 10 nitrogen and oxygen atoms in total. The third-order valence-corrected chi connectivity index (χ3v) is 6.14. The lowest BCUT2D eigenvalue weighted by Crippen LogP contribution is -2.45. The number of carbonyl (C=O) groups is 2. The molecular weight excluding hydrogens is 528 g/mol. The van der Waals surface area contributed by atoms with Crippen LogP contribution in [0.25, 0.3) is 0 Å². The van der Waals surface area contributed by atoms with Crippen molar-refractivity contribution < 1.29 is 9.59 Å². The van der Waals surface area contributed by atoms with E-state index < -0.39 is 6.04 Å². The topological polar surface area (TPSA) is 126 Å². The Labute approximate surface area is 247 Å². The van der Waals surface area contributed by atoms with Crippen molar-refractivity contribution in [2.75, 3.05) is 44.9 Å². The molecule has 0 aliphatic carbocycles. The molecule has 3 aromatic rings. The second kappa shape index (κ2) is 16.2. The van der Waals surface area contributed by atoms with Gasteiger partial charge in [0.2, 0.25) is 17.8 Å². The number of carbonyl (C=O) groups excluding carboxylic acids is 2. The zero-order chi connectivity index (χ0) is 30.3. The summed E-state index contributed by atoms with van der Waals surface area (Å²) in [7, 11) is 5.45. The predicted octanol–water partition coefficient (Wildman–Crippen LogP) is 4.05. The first-order chi connectivity index (χ1) is 20.3. The highest BCUT2D eigenvalue weighted by Gasteiger charge is 2.20. The van der Waals surface area contributed by atoms with E-state index in [2.05, 4.69) is 43.8 Å². The molecule has 0 fully saturated rings. The number of amides is 2. The van der Waals surface area contributed by atoms with Crippen molar-refractivity contribution in [3.63, 3.8) is 0 Å². The maximum atomic E-state index is 12.5. The highest BCUT2D eigenvalue weighted by molar-refractivity contribution is 5.92. The third kappa shape index (κ3) is 10.1. The maximum absolute atomic E-state index is 12.5. The van der Waals surface area contributed by atoms with Crippen molar-refractivity contribution in [2.45, 2.75) is 25.8 Å². The molecule has 0 radical (unpaired) electrons. The van der Waals surface area contributed by atoms with Crippen LogP contribution in [0.15, 0.2) is 72.9 Å². The van der Waals surface area contributed by atoms with Crippen LogP contribution in [0.5, 0.6) is 0 Å². The van der Waals surface area contributed by atoms with E-state index in [4.69, 9.17) is 5.26 Å². The second-order valence-corrected chi connectivity index (χ2v) is 9.75. The average Bonchev–Trinajstić information content (AvgIpc) is 2.99. The zero-order valence-corrected chi connectivity index (χ0v) is 24.4. The van der Waals surface area contributed by atoms with Gasteiger partial charge in [-0.2, -0.15) is 10.2 Å². The molecule has 0 saturated heterocycles. The molecule has 0 aliphatic heterocycles. The second-order valence-electron chi connectivity index (χ2n) is 9.75. The van der Waals surface area contributed by atoms with Crippen LogP contribution in [0.3, 0.4) is 0 Å². The summed E-state index contributed by atoms with van der Waals surface area (Å²) in [5.74, 6) is 6.77. The normalized spacial score (nSPS) is 11.2. The van der Waals surface area contributed by atoms with Crippen molar-refractivity contribution in [2.24, 2.45) is 0 Å². The minimum absolute atomic E-state index is 0.215. The molecule has 1 aromatic heterocycles. The number of benzene rings is 2. The molecular formula is C32H36N8O2. The van der Waals surface area contributed by atoms with E-state index >= 15 is 0 Å². The third-order valence-electron chi connectivity index (χ3n) is 6.14. The van der Waals surface area contributed by atoms with Crippen molar-refractivity contribution in [1.82, 2.24) is 25.1 Å². The standard InChI is InChI=1S/C32H36N8O2/c1-24(40(4)29(41)15-11-21-39(2)3)31(42)34-20-10-6-7-12-26-23-35-32(37-28-18-16-25(22-33)17-19-28)38-30(26)36-27-13-8-5-9-14-27/h5,8-9,11,13-19,23-24H,6,10,20-21H2,1-4H3,(H,34,42)(H2,35,36,37,38)/b15-11+/t24-/m0/s1. The van der Waals surface area contributed by atoms with Crippen LogP contribution in [0.4, 0.5) is 23.1 Å². The number of hydrogen-bond donors (Lipinski definition) is 3. The van der Waals surface area contributed by atoms with Gasteiger partial charge >= 0.3 is 0 Å². The first kappa shape index (κ1) is 31.3. The molecule has 3 N–H and O–H groups in total. The summed E-state index contributed by atoms with van der Waals surface area (Å²) in [4.78, 5) is 37.2. The smallest absolute Gasteiger partial charge is 0.246 e. The van der Waals surface area contributed by atoms with Crippen LogP contribution in [0.2, 0.25) is 0 Å². The molecule has 0 aliphatic rings. The average molecular weight is 565 g/mol. The van der Waals surface area contributed by atoms with E-state index in [1.807, 2.05) is 49.3 Å². The van der Waals surface area contributed by atoms with E-state index in [-0.39, 0.29) is 11.8 Å². The van der Waals surface area contributed by atoms with E-state index in [0.717, 1.165) is 11.4 Å². The highest BCUT2D eigenvalue weighted by Crippen LogP contribution is 2.21. The predicted molar refractivity (Wildman–Crippen MR) is 165 cm³/mol. The summed E-state index contributed by atoms with van der Waals surface area (Å²) in [5, 5.41) is 18.3. The first-order valence-corrected chi connectivity index (χ1v) is 13.6. The van der Waals surface area contributed by atoms with Gasteiger partial charge in [-0.25, -0.2) is 4.98 Å². The summed E-state index contributed by atoms with van der Waals surface area (Å²) in [6.07, 6.45) is 6.10. The van der Waals surface area contributed by atoms with Crippen molar-refractivity contribution >= 4 is 35.0 Å². The lowest BCUT2D eigenvalue weighted by molar-refractivity contribution is -0.135. The van der Waals surface area contributed by atoms with Gasteiger partial charge in [0.1, 0.15) is 6.04 Å². The van der Waals surface area contributed by atoms with Gasteiger partial charge in [0.05, 0.1) is 23.4 Å². The Morgan fingerprint density at radius 3 is 2.43 bits per heavy atom. The number of rotatable bonds is 12. The van der Waals surface area contributed by atoms with Crippen molar-refractivity contribution in [3.8, 4) is 17.9 Å². The molecule has 1 heterocycles. The quantitative estimate of drug-likeness (QED) is 0.171. The largest absolute Gasteiger partial charge is 0.354 e. The number of hydrogen-bond acceptors (Lipinski definition) is 8. The summed E-state index contributed by atoms with van der Waals surface area (Å²) in [5.41, 5.74) is 2.81. The Kier molecular flexibility index (Phi) is 12.1. The fourth-order valence-electron chi connectivity index (χ4n) is 3.59. The fourth-order valence-corrected chi connectivity index (χ4v) is 3.59. The van der Waals surface area contributed by atoms with Crippen LogP contribution in [-0.2, 0) is 9.59 Å². The molecule has 2 amide bonds. The highest BCUT2D eigenvalue weighted by atomic mass is 16.2. The molecule has 10 heteroatoms. The maximum Gasteiger partial charge on any atom is 0.246 e. The summed E-state index contributed by atoms with van der Waals surface area (Å²) in [6.45, 7) is 2.79. The molecule has 42 heavy (non-hydrogen) atoms. The van der Waals surface area contributed by atoms with E-state index in [1.165, 1.54) is 11.0 Å². The summed E-state index contributed by atoms with van der Waals surface area (Å²) < 4.78 is 0. The van der Waals surface area contributed by atoms with Gasteiger partial charge in [-0.15, -0.1) is 0 Å². The summed E-state index contributed by atoms with van der Waals surface area (Å²) in [6, 6.07) is 18.2. The monoisotopic (exact) mass is 564 g/mol. The number of anilines is 4. The summed E-state index contributed by atoms with van der Waals surface area (Å²) >= 11 is 0. The van der Waals surface area contributed by atoms with Gasteiger partial charge < -0.3 is 25.8 Å². The number of nitriles is 1. The molecule has 0 spiro atoms. The van der Waals surface area contributed by atoms with E-state index in [9.17, 15) is 9.59 Å². The van der Waals surface area contributed by atoms with Crippen LogP contribution < -0.4 is 16.0 Å². The fraction of sp³-hybridized carbons (Fsp3) is 0.281. The Bertz CT molecular complexity index is 1470. The Hall–Kier alpha value is -5.19. The number of likely N-dealkylation sites (N-methyl/N-ethyl adjacent to an activating group) is 2. The van der Waals surface area contributed by atoms with E-state index in [1.54, 1.807) is 50.5 Å². The number of unbranched alkanes of at least 4 members (excludes halogenated alkanes) is 1. The van der Waals surface area contributed by atoms with Gasteiger partial charge in [-0.1, -0.05) is 36.1 Å². The van der Waals surface area contributed by atoms with Crippen molar-refractivity contribution in [1.29, 1.82) is 5.26 Å². The van der Waals surface area contributed by atoms with Crippen molar-refractivity contribution in [3.05, 3.63) is 84.1 Å². The lowest BCUT2D eigenvalue weighted by Gasteiger charge is -2.23. The van der Waals surface area contributed by atoms with Crippen LogP contribution in [-0.4, -0.2) is 71.9 Å². The number of nitrogens with one attached hydrogen (secondary N) is 3. The van der Waals surface area contributed by atoms with Gasteiger partial charge in [0.25, 0.3) is 0 Å². The number of aromatic nitrogens is 2.